The summed E-state index contributed by atoms with van der Waals surface area (Å²) in [5.74, 6) is 3.85. The van der Waals surface area contributed by atoms with Crippen molar-refractivity contribution in [2.45, 2.75) is 0 Å². The summed E-state index contributed by atoms with van der Waals surface area (Å²) >= 11 is 1.99. The fraction of sp³-hybridized carbons (Fsp3) is 0.667. The van der Waals surface area contributed by atoms with Crippen LogP contribution < -0.4 is 10.6 Å². The molecule has 8 heteroatoms. The quantitative estimate of drug-likeness (QED) is 0.611. The Morgan fingerprint density at radius 2 is 1.78 bits per heavy atom. The van der Waals surface area contributed by atoms with Crippen LogP contribution in [-0.2, 0) is 0 Å². The topological polar surface area (TPSA) is 73.9 Å². The Morgan fingerprint density at radius 3 is 2.48 bits per heavy atom. The average molecular weight is 335 g/mol. The predicted octanol–water partition coefficient (Wildman–Crippen LogP) is -0.0379. The molecule has 7 nitrogen and oxygen atoms in total. The number of hydrogen-bond acceptors (Lipinski definition) is 6. The Labute approximate surface area is 142 Å². The third kappa shape index (κ3) is 4.71. The summed E-state index contributed by atoms with van der Waals surface area (Å²) in [6.45, 7) is 7.76. The highest BCUT2D eigenvalue weighted by Gasteiger charge is 2.18. The molecule has 1 aromatic heterocycles. The van der Waals surface area contributed by atoms with Gasteiger partial charge in [0.1, 0.15) is 0 Å². The van der Waals surface area contributed by atoms with E-state index in [-0.39, 0.29) is 0 Å². The number of piperazine rings is 1. The first-order chi connectivity index (χ1) is 11.3. The Kier molecular flexibility index (Phi) is 5.93. The van der Waals surface area contributed by atoms with Crippen molar-refractivity contribution in [1.82, 2.24) is 19.8 Å². The van der Waals surface area contributed by atoms with Gasteiger partial charge in [-0.15, -0.1) is 0 Å². The van der Waals surface area contributed by atoms with Gasteiger partial charge in [-0.25, -0.2) is 9.97 Å². The zero-order valence-electron chi connectivity index (χ0n) is 13.5. The molecule has 0 bridgehead atoms. The lowest BCUT2D eigenvalue weighted by Crippen LogP contribution is -2.48. The molecule has 23 heavy (non-hydrogen) atoms. The molecule has 2 aliphatic rings. The number of nitrogens with zero attached hydrogens (tertiary/aromatic N) is 6. The van der Waals surface area contributed by atoms with Gasteiger partial charge in [-0.2, -0.15) is 11.8 Å². The van der Waals surface area contributed by atoms with E-state index in [4.69, 9.17) is 5.73 Å². The van der Waals surface area contributed by atoms with Gasteiger partial charge >= 0.3 is 0 Å². The van der Waals surface area contributed by atoms with Crippen LogP contribution in [0.15, 0.2) is 23.5 Å². The van der Waals surface area contributed by atoms with Gasteiger partial charge in [-0.3, -0.25) is 9.89 Å². The van der Waals surface area contributed by atoms with Crippen molar-refractivity contribution in [3.8, 4) is 0 Å². The lowest BCUT2D eigenvalue weighted by molar-refractivity contribution is 0.263. The maximum atomic E-state index is 6.09. The Morgan fingerprint density at radius 1 is 1.09 bits per heavy atom. The minimum atomic E-state index is 0.710. The first-order valence-corrected chi connectivity index (χ1v) is 9.35. The van der Waals surface area contributed by atoms with Gasteiger partial charge < -0.3 is 15.5 Å². The predicted molar refractivity (Wildman–Crippen MR) is 96.1 cm³/mol. The maximum absolute atomic E-state index is 6.09. The van der Waals surface area contributed by atoms with E-state index in [2.05, 4.69) is 29.7 Å². The first kappa shape index (κ1) is 16.3. The molecule has 3 rings (SSSR count). The van der Waals surface area contributed by atoms with Crippen molar-refractivity contribution in [3.05, 3.63) is 18.5 Å². The van der Waals surface area contributed by atoms with Crippen LogP contribution in [0.3, 0.4) is 0 Å². The molecule has 0 spiro atoms. The van der Waals surface area contributed by atoms with Crippen molar-refractivity contribution in [2.24, 2.45) is 10.7 Å². The SMILES string of the molecule is NC(=NCCN1CCN(c2ncccn2)CC1)N1CCSCC1. The van der Waals surface area contributed by atoms with Crippen LogP contribution in [0.4, 0.5) is 5.95 Å². The highest BCUT2D eigenvalue weighted by Crippen LogP contribution is 2.10. The van der Waals surface area contributed by atoms with E-state index in [0.717, 1.165) is 69.8 Å². The molecule has 126 valence electrons. The molecule has 2 N–H and O–H groups in total. The second-order valence-electron chi connectivity index (χ2n) is 5.72. The minimum absolute atomic E-state index is 0.710. The van der Waals surface area contributed by atoms with Gasteiger partial charge in [-0.05, 0) is 6.07 Å². The third-order valence-corrected chi connectivity index (χ3v) is 5.17. The highest BCUT2D eigenvalue weighted by atomic mass is 32.2. The van der Waals surface area contributed by atoms with Gasteiger partial charge in [0.05, 0.1) is 6.54 Å². The number of hydrogen-bond donors (Lipinski definition) is 1. The van der Waals surface area contributed by atoms with Crippen LogP contribution in [0.5, 0.6) is 0 Å². The standard InChI is InChI=1S/C15H25N7S/c16-14(21-10-12-23-13-11-21)17-4-5-20-6-8-22(9-7-20)15-18-2-1-3-19-15/h1-3H,4-13H2,(H2,16,17). The zero-order chi connectivity index (χ0) is 15.9. The number of aromatic nitrogens is 2. The van der Waals surface area contributed by atoms with E-state index >= 15 is 0 Å². The van der Waals surface area contributed by atoms with E-state index in [1.807, 2.05) is 17.8 Å². The number of aliphatic imine (C=N–C) groups is 1. The van der Waals surface area contributed by atoms with Crippen LogP contribution in [0.2, 0.25) is 0 Å². The second kappa shape index (κ2) is 8.35. The first-order valence-electron chi connectivity index (χ1n) is 8.20. The molecule has 0 radical (unpaired) electrons. The molecule has 0 aliphatic carbocycles. The van der Waals surface area contributed by atoms with Crippen molar-refractivity contribution >= 4 is 23.7 Å². The maximum Gasteiger partial charge on any atom is 0.225 e. The Hall–Kier alpha value is -1.54. The van der Waals surface area contributed by atoms with Crippen molar-refractivity contribution in [3.63, 3.8) is 0 Å². The van der Waals surface area contributed by atoms with E-state index in [1.54, 1.807) is 12.4 Å². The van der Waals surface area contributed by atoms with Gasteiger partial charge in [-0.1, -0.05) is 0 Å². The summed E-state index contributed by atoms with van der Waals surface area (Å²) in [5, 5.41) is 0. The smallest absolute Gasteiger partial charge is 0.225 e. The van der Waals surface area contributed by atoms with Crippen molar-refractivity contribution in [1.29, 1.82) is 0 Å². The van der Waals surface area contributed by atoms with Gasteiger partial charge in [0, 0.05) is 69.7 Å². The van der Waals surface area contributed by atoms with Gasteiger partial charge in [0.2, 0.25) is 5.95 Å². The summed E-state index contributed by atoms with van der Waals surface area (Å²) in [5.41, 5.74) is 6.09. The summed E-state index contributed by atoms with van der Waals surface area (Å²) in [4.78, 5) is 20.0. The highest BCUT2D eigenvalue weighted by molar-refractivity contribution is 7.99. The summed E-state index contributed by atoms with van der Waals surface area (Å²) in [6.07, 6.45) is 3.59. The summed E-state index contributed by atoms with van der Waals surface area (Å²) < 4.78 is 0. The average Bonchev–Trinajstić information content (AvgIpc) is 2.64. The molecule has 0 saturated carbocycles. The van der Waals surface area contributed by atoms with Crippen LogP contribution in [-0.4, -0.2) is 89.6 Å². The van der Waals surface area contributed by atoms with Crippen LogP contribution in [0.25, 0.3) is 0 Å². The molecule has 2 aliphatic heterocycles. The fourth-order valence-electron chi connectivity index (χ4n) is 2.82. The molecular formula is C15H25N7S. The second-order valence-corrected chi connectivity index (χ2v) is 6.94. The largest absolute Gasteiger partial charge is 0.370 e. The molecule has 0 atom stereocenters. The lowest BCUT2D eigenvalue weighted by atomic mass is 10.3. The molecule has 1 aromatic rings. The zero-order valence-corrected chi connectivity index (χ0v) is 14.3. The Bertz CT molecular complexity index is 496. The van der Waals surface area contributed by atoms with E-state index in [1.165, 1.54) is 0 Å². The number of nitrogens with two attached hydrogens (primary N) is 1. The minimum Gasteiger partial charge on any atom is -0.370 e. The summed E-state index contributed by atoms with van der Waals surface area (Å²) in [6, 6.07) is 1.85. The number of thioether (sulfide) groups is 1. The molecular weight excluding hydrogens is 310 g/mol. The monoisotopic (exact) mass is 335 g/mol. The number of anilines is 1. The van der Waals surface area contributed by atoms with E-state index < -0.39 is 0 Å². The van der Waals surface area contributed by atoms with Crippen molar-refractivity contribution < 1.29 is 0 Å². The molecule has 0 aromatic carbocycles. The van der Waals surface area contributed by atoms with Crippen LogP contribution in [0.1, 0.15) is 0 Å². The normalized spacial score (nSPS) is 20.8. The third-order valence-electron chi connectivity index (χ3n) is 4.23. The molecule has 2 fully saturated rings. The Balaban J connectivity index is 1.39. The lowest BCUT2D eigenvalue weighted by Gasteiger charge is -2.34. The van der Waals surface area contributed by atoms with E-state index in [9.17, 15) is 0 Å². The van der Waals surface area contributed by atoms with E-state index in [0.29, 0.717) is 5.96 Å². The molecule has 2 saturated heterocycles. The fourth-order valence-corrected chi connectivity index (χ4v) is 3.73. The van der Waals surface area contributed by atoms with Gasteiger partial charge in [0.15, 0.2) is 5.96 Å². The van der Waals surface area contributed by atoms with Crippen molar-refractivity contribution in [2.75, 3.05) is 68.8 Å². The molecule has 0 unspecified atom stereocenters. The summed E-state index contributed by atoms with van der Waals surface area (Å²) in [7, 11) is 0. The molecule has 0 amide bonds. The van der Waals surface area contributed by atoms with Crippen LogP contribution >= 0.6 is 11.8 Å². The number of guanidine groups is 1. The molecule has 3 heterocycles. The van der Waals surface area contributed by atoms with Crippen LogP contribution in [0, 0.1) is 0 Å². The van der Waals surface area contributed by atoms with Gasteiger partial charge in [0.25, 0.3) is 0 Å². The number of rotatable bonds is 4.